The Hall–Kier alpha value is -1.61. The molecule has 0 aliphatic carbocycles. The van der Waals surface area contributed by atoms with Crippen LogP contribution in [0.3, 0.4) is 0 Å². The van der Waals surface area contributed by atoms with E-state index in [-0.39, 0.29) is 0 Å². The molecule has 0 saturated heterocycles. The van der Waals surface area contributed by atoms with Crippen molar-refractivity contribution in [3.05, 3.63) is 53.1 Å². The minimum Gasteiger partial charge on any atom is -0.338 e. The zero-order valence-corrected chi connectivity index (χ0v) is 12.3. The molecule has 0 aliphatic rings. The van der Waals surface area contributed by atoms with Crippen LogP contribution in [-0.4, -0.2) is 15.6 Å². The van der Waals surface area contributed by atoms with E-state index in [2.05, 4.69) is 53.8 Å². The van der Waals surface area contributed by atoms with Gasteiger partial charge < -0.3 is 9.88 Å². The van der Waals surface area contributed by atoms with Gasteiger partial charge in [-0.1, -0.05) is 32.0 Å². The SMILES string of the molecule is Cc1cc(CNC(C)C)ccc1Cc1nccn1C. The Balaban J connectivity index is 2.09. The van der Waals surface area contributed by atoms with Crippen molar-refractivity contribution in [2.24, 2.45) is 7.05 Å². The van der Waals surface area contributed by atoms with Crippen molar-refractivity contribution in [3.63, 3.8) is 0 Å². The van der Waals surface area contributed by atoms with Crippen LogP contribution >= 0.6 is 0 Å². The molecule has 3 heteroatoms. The summed E-state index contributed by atoms with van der Waals surface area (Å²) < 4.78 is 2.08. The maximum Gasteiger partial charge on any atom is 0.112 e. The van der Waals surface area contributed by atoms with Crippen molar-refractivity contribution in [2.75, 3.05) is 0 Å². The van der Waals surface area contributed by atoms with E-state index in [1.54, 1.807) is 0 Å². The van der Waals surface area contributed by atoms with Crippen LogP contribution in [0.25, 0.3) is 0 Å². The molecular weight excluding hydrogens is 234 g/mol. The first kappa shape index (κ1) is 13.8. The van der Waals surface area contributed by atoms with Crippen molar-refractivity contribution in [2.45, 2.75) is 39.8 Å². The Morgan fingerprint density at radius 3 is 2.68 bits per heavy atom. The fraction of sp³-hybridized carbons (Fsp3) is 0.438. The lowest BCUT2D eigenvalue weighted by Crippen LogP contribution is -2.21. The van der Waals surface area contributed by atoms with Gasteiger partial charge >= 0.3 is 0 Å². The standard InChI is InChI=1S/C16H23N3/c1-12(2)18-11-14-5-6-15(13(3)9-14)10-16-17-7-8-19(16)4/h5-9,12,18H,10-11H2,1-4H3. The van der Waals surface area contributed by atoms with Crippen LogP contribution in [0, 0.1) is 6.92 Å². The summed E-state index contributed by atoms with van der Waals surface area (Å²) in [5, 5.41) is 3.45. The van der Waals surface area contributed by atoms with E-state index in [1.807, 2.05) is 19.4 Å². The van der Waals surface area contributed by atoms with Crippen LogP contribution in [-0.2, 0) is 20.0 Å². The maximum absolute atomic E-state index is 4.38. The molecule has 0 fully saturated rings. The third-order valence-electron chi connectivity index (χ3n) is 3.39. The van der Waals surface area contributed by atoms with Crippen LogP contribution in [0.4, 0.5) is 0 Å². The number of hydrogen-bond acceptors (Lipinski definition) is 2. The van der Waals surface area contributed by atoms with E-state index in [0.29, 0.717) is 6.04 Å². The van der Waals surface area contributed by atoms with Crippen LogP contribution in [0.2, 0.25) is 0 Å². The highest BCUT2D eigenvalue weighted by molar-refractivity contribution is 5.33. The van der Waals surface area contributed by atoms with Gasteiger partial charge in [0.15, 0.2) is 0 Å². The lowest BCUT2D eigenvalue weighted by atomic mass is 10.0. The summed E-state index contributed by atoms with van der Waals surface area (Å²) in [6.07, 6.45) is 4.74. The smallest absolute Gasteiger partial charge is 0.112 e. The van der Waals surface area contributed by atoms with Gasteiger partial charge in [-0.15, -0.1) is 0 Å². The second-order valence-corrected chi connectivity index (χ2v) is 5.43. The predicted octanol–water partition coefficient (Wildman–Crippen LogP) is 2.82. The zero-order chi connectivity index (χ0) is 13.8. The monoisotopic (exact) mass is 257 g/mol. The molecule has 0 unspecified atom stereocenters. The molecular formula is C16H23N3. The molecule has 0 saturated carbocycles. The van der Waals surface area contributed by atoms with Crippen LogP contribution < -0.4 is 5.32 Å². The van der Waals surface area contributed by atoms with Crippen molar-refractivity contribution in [1.29, 1.82) is 0 Å². The third-order valence-corrected chi connectivity index (χ3v) is 3.39. The molecule has 1 aromatic heterocycles. The van der Waals surface area contributed by atoms with E-state index in [9.17, 15) is 0 Å². The van der Waals surface area contributed by atoms with Gasteiger partial charge in [0, 0.05) is 38.4 Å². The zero-order valence-electron chi connectivity index (χ0n) is 12.3. The third kappa shape index (κ3) is 3.67. The van der Waals surface area contributed by atoms with Gasteiger partial charge in [-0.25, -0.2) is 4.98 Å². The van der Waals surface area contributed by atoms with Crippen LogP contribution in [0.1, 0.15) is 36.4 Å². The number of nitrogens with zero attached hydrogens (tertiary/aromatic N) is 2. The molecule has 0 spiro atoms. The first-order valence-electron chi connectivity index (χ1n) is 6.84. The number of hydrogen-bond donors (Lipinski definition) is 1. The minimum absolute atomic E-state index is 0.521. The van der Waals surface area contributed by atoms with Crippen molar-refractivity contribution in [1.82, 2.24) is 14.9 Å². The average molecular weight is 257 g/mol. The van der Waals surface area contributed by atoms with E-state index in [1.165, 1.54) is 16.7 Å². The molecule has 0 bridgehead atoms. The Morgan fingerprint density at radius 2 is 2.11 bits per heavy atom. The highest BCUT2D eigenvalue weighted by Gasteiger charge is 2.05. The summed E-state index contributed by atoms with van der Waals surface area (Å²) in [5.41, 5.74) is 4.03. The molecule has 1 heterocycles. The molecule has 0 radical (unpaired) electrons. The number of nitrogens with one attached hydrogen (secondary N) is 1. The summed E-state index contributed by atoms with van der Waals surface area (Å²) in [7, 11) is 2.04. The molecule has 0 amide bonds. The lowest BCUT2D eigenvalue weighted by Gasteiger charge is -2.11. The fourth-order valence-corrected chi connectivity index (χ4v) is 2.13. The molecule has 102 valence electrons. The van der Waals surface area contributed by atoms with Crippen molar-refractivity contribution >= 4 is 0 Å². The number of benzene rings is 1. The Morgan fingerprint density at radius 1 is 1.32 bits per heavy atom. The largest absolute Gasteiger partial charge is 0.338 e. The molecule has 1 N–H and O–H groups in total. The second-order valence-electron chi connectivity index (χ2n) is 5.43. The van der Waals surface area contributed by atoms with Gasteiger partial charge in [0.2, 0.25) is 0 Å². The highest BCUT2D eigenvalue weighted by atomic mass is 15.0. The Labute approximate surface area is 115 Å². The first-order chi connectivity index (χ1) is 9.06. The molecule has 3 nitrogen and oxygen atoms in total. The summed E-state index contributed by atoms with van der Waals surface area (Å²) in [5.74, 6) is 1.11. The molecule has 2 rings (SSSR count). The lowest BCUT2D eigenvalue weighted by molar-refractivity contribution is 0.588. The molecule has 0 atom stereocenters. The Kier molecular flexibility index (Phi) is 4.38. The van der Waals surface area contributed by atoms with Gasteiger partial charge in [-0.05, 0) is 23.6 Å². The summed E-state index contributed by atoms with van der Waals surface area (Å²) in [4.78, 5) is 4.38. The number of aromatic nitrogens is 2. The summed E-state index contributed by atoms with van der Waals surface area (Å²) >= 11 is 0. The average Bonchev–Trinajstić information content (AvgIpc) is 2.75. The number of imidazole rings is 1. The van der Waals surface area contributed by atoms with Gasteiger partial charge in [0.1, 0.15) is 5.82 Å². The normalized spacial score (nSPS) is 11.2. The van der Waals surface area contributed by atoms with Crippen LogP contribution in [0.15, 0.2) is 30.6 Å². The molecule has 19 heavy (non-hydrogen) atoms. The van der Waals surface area contributed by atoms with E-state index in [4.69, 9.17) is 0 Å². The number of rotatable bonds is 5. The first-order valence-corrected chi connectivity index (χ1v) is 6.84. The van der Waals surface area contributed by atoms with Gasteiger partial charge in [-0.3, -0.25) is 0 Å². The summed E-state index contributed by atoms with van der Waals surface area (Å²) in [6, 6.07) is 7.22. The van der Waals surface area contributed by atoms with E-state index >= 15 is 0 Å². The minimum atomic E-state index is 0.521. The topological polar surface area (TPSA) is 29.9 Å². The Bertz CT molecular complexity index is 541. The maximum atomic E-state index is 4.38. The van der Waals surface area contributed by atoms with E-state index < -0.39 is 0 Å². The van der Waals surface area contributed by atoms with Crippen LogP contribution in [0.5, 0.6) is 0 Å². The fourth-order valence-electron chi connectivity index (χ4n) is 2.13. The second kappa shape index (κ2) is 6.02. The van der Waals surface area contributed by atoms with E-state index in [0.717, 1.165) is 18.8 Å². The molecule has 2 aromatic rings. The molecule has 0 aliphatic heterocycles. The van der Waals surface area contributed by atoms with Crippen molar-refractivity contribution < 1.29 is 0 Å². The quantitative estimate of drug-likeness (QED) is 0.892. The summed E-state index contributed by atoms with van der Waals surface area (Å²) in [6.45, 7) is 7.45. The van der Waals surface area contributed by atoms with Gasteiger partial charge in [-0.2, -0.15) is 0 Å². The van der Waals surface area contributed by atoms with Gasteiger partial charge in [0.05, 0.1) is 0 Å². The highest BCUT2D eigenvalue weighted by Crippen LogP contribution is 2.15. The number of aryl methyl sites for hydroxylation is 2. The predicted molar refractivity (Wildman–Crippen MR) is 79.2 cm³/mol. The molecule has 1 aromatic carbocycles. The van der Waals surface area contributed by atoms with Crippen molar-refractivity contribution in [3.8, 4) is 0 Å². The van der Waals surface area contributed by atoms with Gasteiger partial charge in [0.25, 0.3) is 0 Å².